The maximum atomic E-state index is 3.89. The van der Waals surface area contributed by atoms with Gasteiger partial charge in [-0.25, -0.2) is 0 Å². The summed E-state index contributed by atoms with van der Waals surface area (Å²) in [5.41, 5.74) is 0. The van der Waals surface area contributed by atoms with Gasteiger partial charge in [0, 0.05) is 25.2 Å². The molecule has 2 saturated carbocycles. The summed E-state index contributed by atoms with van der Waals surface area (Å²) in [5.74, 6) is 3.00. The minimum atomic E-state index is 0.780. The number of likely N-dealkylation sites (N-methyl/N-ethyl adjacent to an activating group) is 1. The highest BCUT2D eigenvalue weighted by Crippen LogP contribution is 2.38. The van der Waals surface area contributed by atoms with Gasteiger partial charge in [-0.15, -0.1) is 0 Å². The predicted octanol–water partition coefficient (Wildman–Crippen LogP) is 2.49. The topological polar surface area (TPSA) is 15.3 Å². The molecular formula is C15H28N2. The van der Waals surface area contributed by atoms with Gasteiger partial charge in [0.2, 0.25) is 0 Å². The fourth-order valence-electron chi connectivity index (χ4n) is 4.08. The molecule has 1 saturated heterocycles. The summed E-state index contributed by atoms with van der Waals surface area (Å²) in [6, 6.07) is 1.64. The number of nitrogens with one attached hydrogen (secondary N) is 1. The molecule has 5 atom stereocenters. The Balaban J connectivity index is 1.43. The number of hydrogen-bond donors (Lipinski definition) is 1. The average molecular weight is 236 g/mol. The standard InChI is InChI=1S/C15H28N2/c1-11-7-13(11)9-17(2)10-14-8-12-5-3-4-6-15(12)16-14/h11-16H,3-10H2,1-2H3. The van der Waals surface area contributed by atoms with Gasteiger partial charge in [-0.05, 0) is 50.5 Å². The first-order chi connectivity index (χ1) is 8.22. The summed E-state index contributed by atoms with van der Waals surface area (Å²) in [7, 11) is 2.31. The number of hydrogen-bond acceptors (Lipinski definition) is 2. The third kappa shape index (κ3) is 2.85. The zero-order valence-corrected chi connectivity index (χ0v) is 11.5. The molecule has 0 bridgehead atoms. The van der Waals surface area contributed by atoms with Gasteiger partial charge in [-0.3, -0.25) is 0 Å². The second-order valence-electron chi connectivity index (χ2n) is 6.94. The third-order valence-electron chi connectivity index (χ3n) is 5.30. The molecule has 1 heterocycles. The van der Waals surface area contributed by atoms with Crippen molar-refractivity contribution in [2.24, 2.45) is 17.8 Å². The minimum absolute atomic E-state index is 0.780. The molecule has 1 N–H and O–H groups in total. The SMILES string of the molecule is CC1CC1CN(C)CC1CC2CCCCC2N1. The molecule has 5 unspecified atom stereocenters. The van der Waals surface area contributed by atoms with E-state index in [0.717, 1.165) is 29.8 Å². The predicted molar refractivity (Wildman–Crippen MR) is 72.1 cm³/mol. The van der Waals surface area contributed by atoms with E-state index in [4.69, 9.17) is 0 Å². The Kier molecular flexibility index (Phi) is 3.45. The fourth-order valence-corrected chi connectivity index (χ4v) is 4.08. The van der Waals surface area contributed by atoms with Crippen LogP contribution >= 0.6 is 0 Å². The summed E-state index contributed by atoms with van der Waals surface area (Å²) in [5, 5.41) is 3.89. The van der Waals surface area contributed by atoms with Crippen molar-refractivity contribution >= 4 is 0 Å². The lowest BCUT2D eigenvalue weighted by molar-refractivity contribution is 0.281. The normalized spacial score (nSPS) is 45.0. The smallest absolute Gasteiger partial charge is 0.0200 e. The molecule has 2 aliphatic carbocycles. The Morgan fingerprint density at radius 1 is 1.12 bits per heavy atom. The maximum Gasteiger partial charge on any atom is 0.0200 e. The van der Waals surface area contributed by atoms with Crippen LogP contribution < -0.4 is 5.32 Å². The molecule has 1 aliphatic heterocycles. The summed E-state index contributed by atoms with van der Waals surface area (Å²) < 4.78 is 0. The van der Waals surface area contributed by atoms with Crippen molar-refractivity contribution in [2.45, 2.75) is 57.5 Å². The summed E-state index contributed by atoms with van der Waals surface area (Å²) in [4.78, 5) is 2.57. The lowest BCUT2D eigenvalue weighted by Gasteiger charge is -2.24. The molecule has 98 valence electrons. The van der Waals surface area contributed by atoms with E-state index < -0.39 is 0 Å². The van der Waals surface area contributed by atoms with Crippen molar-refractivity contribution in [3.63, 3.8) is 0 Å². The van der Waals surface area contributed by atoms with Gasteiger partial charge in [0.15, 0.2) is 0 Å². The average Bonchev–Trinajstić information content (AvgIpc) is 2.84. The van der Waals surface area contributed by atoms with E-state index in [2.05, 4.69) is 24.2 Å². The van der Waals surface area contributed by atoms with Crippen molar-refractivity contribution in [3.8, 4) is 0 Å². The van der Waals surface area contributed by atoms with E-state index in [1.54, 1.807) is 0 Å². The Morgan fingerprint density at radius 2 is 1.88 bits per heavy atom. The van der Waals surface area contributed by atoms with Crippen molar-refractivity contribution < 1.29 is 0 Å². The first-order valence-electron chi connectivity index (χ1n) is 7.67. The zero-order chi connectivity index (χ0) is 11.8. The van der Waals surface area contributed by atoms with Crippen molar-refractivity contribution in [1.82, 2.24) is 10.2 Å². The second-order valence-corrected chi connectivity index (χ2v) is 6.94. The molecule has 3 fully saturated rings. The number of fused-ring (bicyclic) bond motifs is 1. The molecule has 2 nitrogen and oxygen atoms in total. The number of rotatable bonds is 4. The molecule has 0 aromatic heterocycles. The van der Waals surface area contributed by atoms with Gasteiger partial charge in [-0.1, -0.05) is 19.8 Å². The van der Waals surface area contributed by atoms with Crippen molar-refractivity contribution in [2.75, 3.05) is 20.1 Å². The second kappa shape index (κ2) is 4.89. The van der Waals surface area contributed by atoms with Crippen LogP contribution in [0, 0.1) is 17.8 Å². The van der Waals surface area contributed by atoms with Gasteiger partial charge in [0.1, 0.15) is 0 Å². The van der Waals surface area contributed by atoms with E-state index >= 15 is 0 Å². The molecule has 0 spiro atoms. The van der Waals surface area contributed by atoms with Crippen LogP contribution in [0.4, 0.5) is 0 Å². The first kappa shape index (κ1) is 12.0. The quantitative estimate of drug-likeness (QED) is 0.807. The van der Waals surface area contributed by atoms with Crippen LogP contribution in [0.15, 0.2) is 0 Å². The molecule has 0 aromatic rings. The molecule has 17 heavy (non-hydrogen) atoms. The highest BCUT2D eigenvalue weighted by atomic mass is 15.1. The zero-order valence-electron chi connectivity index (χ0n) is 11.5. The summed E-state index contributed by atoms with van der Waals surface area (Å²) >= 11 is 0. The van der Waals surface area contributed by atoms with Crippen molar-refractivity contribution in [1.29, 1.82) is 0 Å². The fraction of sp³-hybridized carbons (Fsp3) is 1.00. The largest absolute Gasteiger partial charge is 0.310 e. The Hall–Kier alpha value is -0.0800. The molecule has 3 aliphatic rings. The van der Waals surface area contributed by atoms with Gasteiger partial charge in [-0.2, -0.15) is 0 Å². The third-order valence-corrected chi connectivity index (χ3v) is 5.30. The van der Waals surface area contributed by atoms with E-state index in [0.29, 0.717) is 0 Å². The Morgan fingerprint density at radius 3 is 2.59 bits per heavy atom. The van der Waals surface area contributed by atoms with Crippen LogP contribution in [0.3, 0.4) is 0 Å². The molecule has 0 radical (unpaired) electrons. The van der Waals surface area contributed by atoms with Crippen LogP contribution in [0.5, 0.6) is 0 Å². The van der Waals surface area contributed by atoms with Crippen LogP contribution in [0.2, 0.25) is 0 Å². The lowest BCUT2D eigenvalue weighted by Crippen LogP contribution is -2.39. The Bertz CT molecular complexity index is 252. The molecule has 0 amide bonds. The highest BCUT2D eigenvalue weighted by molar-refractivity contribution is 4.94. The van der Waals surface area contributed by atoms with E-state index in [9.17, 15) is 0 Å². The van der Waals surface area contributed by atoms with E-state index in [1.165, 1.54) is 51.6 Å². The first-order valence-corrected chi connectivity index (χ1v) is 7.67. The van der Waals surface area contributed by atoms with Crippen LogP contribution in [0.1, 0.15) is 45.4 Å². The Labute approximate surface area is 106 Å². The summed E-state index contributed by atoms with van der Waals surface area (Å²) in [6.07, 6.45) is 8.76. The van der Waals surface area contributed by atoms with Gasteiger partial charge < -0.3 is 10.2 Å². The van der Waals surface area contributed by atoms with Gasteiger partial charge in [0.05, 0.1) is 0 Å². The van der Waals surface area contributed by atoms with Crippen LogP contribution in [-0.4, -0.2) is 37.1 Å². The maximum absolute atomic E-state index is 3.89. The summed E-state index contributed by atoms with van der Waals surface area (Å²) in [6.45, 7) is 4.99. The molecule has 2 heteroatoms. The molecule has 0 aromatic carbocycles. The highest BCUT2D eigenvalue weighted by Gasteiger charge is 2.37. The molecule has 3 rings (SSSR count). The van der Waals surface area contributed by atoms with Gasteiger partial charge >= 0.3 is 0 Å². The van der Waals surface area contributed by atoms with E-state index in [1.807, 2.05) is 0 Å². The van der Waals surface area contributed by atoms with Crippen LogP contribution in [-0.2, 0) is 0 Å². The number of nitrogens with zero attached hydrogens (tertiary/aromatic N) is 1. The van der Waals surface area contributed by atoms with Gasteiger partial charge in [0.25, 0.3) is 0 Å². The minimum Gasteiger partial charge on any atom is -0.310 e. The lowest BCUT2D eigenvalue weighted by atomic mass is 9.85. The molecular weight excluding hydrogens is 208 g/mol. The van der Waals surface area contributed by atoms with E-state index in [-0.39, 0.29) is 0 Å². The monoisotopic (exact) mass is 236 g/mol. The van der Waals surface area contributed by atoms with Crippen LogP contribution in [0.25, 0.3) is 0 Å². The van der Waals surface area contributed by atoms with Crippen molar-refractivity contribution in [3.05, 3.63) is 0 Å².